The molecule has 0 saturated heterocycles. The van der Waals surface area contributed by atoms with Gasteiger partial charge in [-0.15, -0.1) is 0 Å². The third kappa shape index (κ3) is 5.12. The third-order valence-corrected chi connectivity index (χ3v) is 4.41. The normalized spacial score (nSPS) is 12.0. The molecule has 0 saturated carbocycles. The van der Waals surface area contributed by atoms with Gasteiger partial charge in [0, 0.05) is 19.0 Å². The SMILES string of the molecule is CC(=O)NCc1ccc(C(=O)O)cc1S(=O)(=O)NC(C)(C)C. The van der Waals surface area contributed by atoms with E-state index in [1.54, 1.807) is 20.8 Å². The first-order chi connectivity index (χ1) is 9.92. The van der Waals surface area contributed by atoms with Gasteiger partial charge in [0.2, 0.25) is 15.9 Å². The fraction of sp³-hybridized carbons (Fsp3) is 0.429. The van der Waals surface area contributed by atoms with Crippen LogP contribution in [0.5, 0.6) is 0 Å². The summed E-state index contributed by atoms with van der Waals surface area (Å²) in [5.41, 5.74) is -0.540. The zero-order valence-electron chi connectivity index (χ0n) is 12.9. The molecule has 0 heterocycles. The third-order valence-electron chi connectivity index (χ3n) is 2.57. The fourth-order valence-corrected chi connectivity index (χ4v) is 3.45. The van der Waals surface area contributed by atoms with Gasteiger partial charge in [-0.1, -0.05) is 6.07 Å². The first-order valence-electron chi connectivity index (χ1n) is 6.57. The van der Waals surface area contributed by atoms with Crippen LogP contribution in [0.2, 0.25) is 0 Å². The molecule has 1 aromatic carbocycles. The molecule has 1 amide bonds. The summed E-state index contributed by atoms with van der Waals surface area (Å²) < 4.78 is 27.4. The lowest BCUT2D eigenvalue weighted by atomic mass is 10.1. The van der Waals surface area contributed by atoms with Crippen molar-refractivity contribution >= 4 is 21.9 Å². The number of sulfonamides is 1. The van der Waals surface area contributed by atoms with E-state index >= 15 is 0 Å². The summed E-state index contributed by atoms with van der Waals surface area (Å²) in [4.78, 5) is 21.9. The van der Waals surface area contributed by atoms with Crippen LogP contribution in [0.3, 0.4) is 0 Å². The number of benzene rings is 1. The number of carboxylic acids is 1. The van der Waals surface area contributed by atoms with E-state index < -0.39 is 21.5 Å². The maximum atomic E-state index is 12.5. The molecule has 0 unspecified atom stereocenters. The van der Waals surface area contributed by atoms with Crippen molar-refractivity contribution in [3.63, 3.8) is 0 Å². The second kappa shape index (κ2) is 6.45. The molecule has 1 rings (SSSR count). The molecule has 7 nitrogen and oxygen atoms in total. The number of carbonyl (C=O) groups is 2. The van der Waals surface area contributed by atoms with Crippen LogP contribution in [0, 0.1) is 0 Å². The Morgan fingerprint density at radius 1 is 1.23 bits per heavy atom. The van der Waals surface area contributed by atoms with E-state index in [-0.39, 0.29) is 22.9 Å². The average Bonchev–Trinajstić information content (AvgIpc) is 2.33. The number of hydrogen-bond acceptors (Lipinski definition) is 4. The Morgan fingerprint density at radius 3 is 2.27 bits per heavy atom. The van der Waals surface area contributed by atoms with Gasteiger partial charge in [-0.3, -0.25) is 4.79 Å². The molecule has 0 aromatic heterocycles. The van der Waals surface area contributed by atoms with E-state index in [4.69, 9.17) is 5.11 Å². The first kappa shape index (κ1) is 18.1. The Bertz CT molecular complexity index is 690. The highest BCUT2D eigenvalue weighted by Gasteiger charge is 2.25. The minimum absolute atomic E-state index is 0.00435. The number of aromatic carboxylic acids is 1. The molecule has 8 heteroatoms. The van der Waals surface area contributed by atoms with Gasteiger partial charge < -0.3 is 10.4 Å². The van der Waals surface area contributed by atoms with Gasteiger partial charge in [0.05, 0.1) is 10.5 Å². The van der Waals surface area contributed by atoms with Crippen molar-refractivity contribution in [1.29, 1.82) is 0 Å². The summed E-state index contributed by atoms with van der Waals surface area (Å²) in [5, 5.41) is 11.5. The summed E-state index contributed by atoms with van der Waals surface area (Å²) in [6, 6.07) is 3.78. The van der Waals surface area contributed by atoms with Crippen molar-refractivity contribution in [2.45, 2.75) is 44.7 Å². The number of rotatable bonds is 5. The molecule has 0 bridgehead atoms. The van der Waals surface area contributed by atoms with Crippen molar-refractivity contribution in [2.24, 2.45) is 0 Å². The molecule has 3 N–H and O–H groups in total. The number of carboxylic acid groups (broad SMARTS) is 1. The minimum Gasteiger partial charge on any atom is -0.478 e. The second-order valence-electron chi connectivity index (χ2n) is 5.89. The van der Waals surface area contributed by atoms with Crippen LogP contribution >= 0.6 is 0 Å². The summed E-state index contributed by atoms with van der Waals surface area (Å²) in [7, 11) is -3.92. The van der Waals surface area contributed by atoms with Crippen molar-refractivity contribution < 1.29 is 23.1 Å². The molecule has 122 valence electrons. The van der Waals surface area contributed by atoms with Crippen LogP contribution in [-0.4, -0.2) is 30.9 Å². The Hall–Kier alpha value is -1.93. The Morgan fingerprint density at radius 2 is 1.82 bits per heavy atom. The lowest BCUT2D eigenvalue weighted by Gasteiger charge is -2.22. The summed E-state index contributed by atoms with van der Waals surface area (Å²) in [5.74, 6) is -1.53. The van der Waals surface area contributed by atoms with E-state index in [0.717, 1.165) is 6.07 Å². The van der Waals surface area contributed by atoms with Crippen molar-refractivity contribution in [2.75, 3.05) is 0 Å². The molecule has 0 aliphatic rings. The zero-order valence-corrected chi connectivity index (χ0v) is 13.7. The minimum atomic E-state index is -3.92. The summed E-state index contributed by atoms with van der Waals surface area (Å²) in [6.07, 6.45) is 0. The molecule has 0 aliphatic heterocycles. The van der Waals surface area contributed by atoms with Crippen LogP contribution in [-0.2, 0) is 21.4 Å². The van der Waals surface area contributed by atoms with Gasteiger partial charge >= 0.3 is 5.97 Å². The van der Waals surface area contributed by atoms with E-state index in [1.165, 1.54) is 19.1 Å². The van der Waals surface area contributed by atoms with Gasteiger partial charge in [-0.25, -0.2) is 17.9 Å². The highest BCUT2D eigenvalue weighted by atomic mass is 32.2. The Kier molecular flexibility index (Phi) is 5.31. The van der Waals surface area contributed by atoms with Crippen molar-refractivity contribution in [3.8, 4) is 0 Å². The van der Waals surface area contributed by atoms with Crippen LogP contribution in [0.25, 0.3) is 0 Å². The highest BCUT2D eigenvalue weighted by Crippen LogP contribution is 2.20. The second-order valence-corrected chi connectivity index (χ2v) is 7.54. The number of amides is 1. The van der Waals surface area contributed by atoms with Gasteiger partial charge in [-0.05, 0) is 38.5 Å². The quantitative estimate of drug-likeness (QED) is 0.749. The van der Waals surface area contributed by atoms with Crippen LogP contribution in [0.1, 0.15) is 43.6 Å². The number of hydrogen-bond donors (Lipinski definition) is 3. The molecule has 0 radical (unpaired) electrons. The predicted molar refractivity (Wildman–Crippen MR) is 81.0 cm³/mol. The van der Waals surface area contributed by atoms with Crippen LogP contribution in [0.15, 0.2) is 23.1 Å². The molecule has 1 aromatic rings. The average molecular weight is 328 g/mol. The largest absolute Gasteiger partial charge is 0.478 e. The Labute approximate surface area is 129 Å². The van der Waals surface area contributed by atoms with E-state index in [0.29, 0.717) is 5.56 Å². The van der Waals surface area contributed by atoms with Gasteiger partial charge in [0.1, 0.15) is 0 Å². The number of carbonyl (C=O) groups excluding carboxylic acids is 1. The molecular weight excluding hydrogens is 308 g/mol. The molecule has 0 fully saturated rings. The maximum Gasteiger partial charge on any atom is 0.335 e. The van der Waals surface area contributed by atoms with Crippen LogP contribution < -0.4 is 10.0 Å². The summed E-state index contributed by atoms with van der Waals surface area (Å²) >= 11 is 0. The van der Waals surface area contributed by atoms with E-state index in [9.17, 15) is 18.0 Å². The first-order valence-corrected chi connectivity index (χ1v) is 8.05. The topological polar surface area (TPSA) is 113 Å². The molecular formula is C14H20N2O5S. The van der Waals surface area contributed by atoms with Gasteiger partial charge in [0.25, 0.3) is 0 Å². The van der Waals surface area contributed by atoms with Gasteiger partial charge in [0.15, 0.2) is 0 Å². The summed E-state index contributed by atoms with van der Waals surface area (Å²) in [6.45, 7) is 6.35. The highest BCUT2D eigenvalue weighted by molar-refractivity contribution is 7.89. The van der Waals surface area contributed by atoms with Crippen LogP contribution in [0.4, 0.5) is 0 Å². The maximum absolute atomic E-state index is 12.5. The fourth-order valence-electron chi connectivity index (χ4n) is 1.76. The smallest absolute Gasteiger partial charge is 0.335 e. The molecule has 22 heavy (non-hydrogen) atoms. The van der Waals surface area contributed by atoms with Crippen molar-refractivity contribution in [1.82, 2.24) is 10.0 Å². The molecule has 0 spiro atoms. The monoisotopic (exact) mass is 328 g/mol. The van der Waals surface area contributed by atoms with Crippen molar-refractivity contribution in [3.05, 3.63) is 29.3 Å². The zero-order chi connectivity index (χ0) is 17.1. The molecule has 0 atom stereocenters. The lowest BCUT2D eigenvalue weighted by Crippen LogP contribution is -2.41. The van der Waals surface area contributed by atoms with E-state index in [2.05, 4.69) is 10.0 Å². The Balaban J connectivity index is 3.36. The van der Waals surface area contributed by atoms with Gasteiger partial charge in [-0.2, -0.15) is 0 Å². The number of nitrogens with one attached hydrogen (secondary N) is 2. The van der Waals surface area contributed by atoms with E-state index in [1.807, 2.05) is 0 Å². The predicted octanol–water partition coefficient (Wildman–Crippen LogP) is 1.10. The lowest BCUT2D eigenvalue weighted by molar-refractivity contribution is -0.119. The standard InChI is InChI=1S/C14H20N2O5S/c1-9(17)15-8-11-6-5-10(13(18)19)7-12(11)22(20,21)16-14(2,3)4/h5-7,16H,8H2,1-4H3,(H,15,17)(H,18,19). The molecule has 0 aliphatic carbocycles.